The van der Waals surface area contributed by atoms with Crippen LogP contribution in [0.1, 0.15) is 0 Å². The van der Waals surface area contributed by atoms with Gasteiger partial charge in [-0.05, 0) is 0 Å². The molecule has 4 heavy (non-hydrogen) atoms. The van der Waals surface area contributed by atoms with Gasteiger partial charge in [-0.2, -0.15) is 0 Å². The van der Waals surface area contributed by atoms with E-state index in [1.54, 1.807) is 0 Å². The fourth-order valence-electron chi connectivity index (χ4n) is 0. The molecule has 0 saturated carbocycles. The standard InChI is InChI=1S/2FH.Na.Y/h2*1H;;/q;;2*+1/p-2. The Kier molecular flexibility index (Phi) is 84.6. The Balaban J connectivity index is -0.00000000500. The molecule has 0 saturated heterocycles. The van der Waals surface area contributed by atoms with Gasteiger partial charge in [0.2, 0.25) is 0 Å². The number of halogens is 2. The summed E-state index contributed by atoms with van der Waals surface area (Å²) in [5.41, 5.74) is 0. The van der Waals surface area contributed by atoms with Crippen molar-refractivity contribution in [3.8, 4) is 0 Å². The SMILES string of the molecule is [F-].[F][Y].[Na+]. The summed E-state index contributed by atoms with van der Waals surface area (Å²) in [7, 11) is 0. The molecule has 18 valence electrons. The van der Waals surface area contributed by atoms with Crippen molar-refractivity contribution in [3.05, 3.63) is 0 Å². The van der Waals surface area contributed by atoms with E-state index in [2.05, 4.69) is 0 Å². The zero-order valence-electron chi connectivity index (χ0n) is 2.33. The van der Waals surface area contributed by atoms with Gasteiger partial charge in [0.1, 0.15) is 0 Å². The normalized spacial score (nSPS) is 1.00. The van der Waals surface area contributed by atoms with E-state index in [0.717, 1.165) is 0 Å². The van der Waals surface area contributed by atoms with Crippen molar-refractivity contribution in [2.75, 3.05) is 0 Å². The molecule has 0 rings (SSSR count). The van der Waals surface area contributed by atoms with Crippen LogP contribution in [0, 0.1) is 0 Å². The Morgan fingerprint density at radius 1 is 1.25 bits per heavy atom. The molecule has 0 aromatic carbocycles. The first kappa shape index (κ1) is 16.7. The molecule has 0 atom stereocenters. The van der Waals surface area contributed by atoms with Gasteiger partial charge in [0, 0.05) is 0 Å². The first-order chi connectivity index (χ1) is 1.00. The van der Waals surface area contributed by atoms with Crippen LogP contribution in [0.5, 0.6) is 0 Å². The van der Waals surface area contributed by atoms with E-state index in [1.165, 1.54) is 0 Å². The molecule has 0 aromatic rings. The maximum Gasteiger partial charge on any atom is 1.00 e. The summed E-state index contributed by atoms with van der Waals surface area (Å²) in [6, 6.07) is 0. The number of rotatable bonds is 0. The van der Waals surface area contributed by atoms with E-state index in [9.17, 15) is 1.92 Å². The van der Waals surface area contributed by atoms with Crippen LogP contribution in [0.25, 0.3) is 0 Å². The topological polar surface area (TPSA) is 0 Å². The van der Waals surface area contributed by atoms with Crippen molar-refractivity contribution in [3.63, 3.8) is 0 Å². The van der Waals surface area contributed by atoms with E-state index >= 15 is 0 Å². The fourth-order valence-corrected chi connectivity index (χ4v) is 0. The quantitative estimate of drug-likeness (QED) is 0.302. The average Bonchev–Trinajstić information content (AvgIpc) is 1.00. The molecule has 0 aliphatic heterocycles. The van der Waals surface area contributed by atoms with E-state index in [1.807, 2.05) is 0 Å². The predicted octanol–water partition coefficient (Wildman–Crippen LogP) is -5.57. The third kappa shape index (κ3) is 9.03. The van der Waals surface area contributed by atoms with E-state index < -0.39 is 0 Å². The molecule has 0 fully saturated rings. The summed E-state index contributed by atoms with van der Waals surface area (Å²) in [6.45, 7) is 0. The smallest absolute Gasteiger partial charge is 1.00 e. The summed E-state index contributed by atoms with van der Waals surface area (Å²) in [5, 5.41) is 0. The maximum atomic E-state index is 9.63. The maximum absolute atomic E-state index is 9.63. The Labute approximate surface area is 66.8 Å². The fraction of sp³-hybridized carbons (Fsp3) is 0. The third-order valence-corrected chi connectivity index (χ3v) is 0. The Bertz CT molecular complexity index is 6.00. The van der Waals surface area contributed by atoms with Gasteiger partial charge in [-0.15, -0.1) is 0 Å². The van der Waals surface area contributed by atoms with Gasteiger partial charge in [0.15, 0.2) is 0 Å². The molecule has 0 nitrogen and oxygen atoms in total. The molecular formula is F2NaY. The molecule has 0 spiro atoms. The monoisotopic (exact) mass is 150 g/mol. The minimum Gasteiger partial charge on any atom is 1.00 e. The zero-order chi connectivity index (χ0) is 2.00. The van der Waals surface area contributed by atoms with Crippen LogP contribution in [-0.4, -0.2) is 0 Å². The van der Waals surface area contributed by atoms with Gasteiger partial charge >= 0.3 is 63.1 Å². The Morgan fingerprint density at radius 2 is 1.25 bits per heavy atom. The molecular weight excluding hydrogens is 150 g/mol. The van der Waals surface area contributed by atoms with Crippen molar-refractivity contribution in [2.45, 2.75) is 0 Å². The van der Waals surface area contributed by atoms with Gasteiger partial charge < -0.3 is 4.70 Å². The summed E-state index contributed by atoms with van der Waals surface area (Å²) >= 11 is -0.150. The van der Waals surface area contributed by atoms with Crippen molar-refractivity contribution in [1.29, 1.82) is 0 Å². The minimum atomic E-state index is -0.150. The first-order valence-electron chi connectivity index (χ1n) is 0.218. The van der Waals surface area contributed by atoms with E-state index in [0.29, 0.717) is 0 Å². The second-order valence-electron chi connectivity index (χ2n) is 0. The molecule has 0 N–H and O–H groups in total. The number of hydrogen-bond donors (Lipinski definition) is 0. The molecule has 0 aliphatic rings. The second kappa shape index (κ2) is 20.2. The molecule has 0 amide bonds. The van der Waals surface area contributed by atoms with Gasteiger partial charge in [-0.25, -0.2) is 0 Å². The van der Waals surface area contributed by atoms with Crippen LogP contribution < -0.4 is 34.3 Å². The zero-order valence-corrected chi connectivity index (χ0v) is 7.17. The van der Waals surface area contributed by atoms with Crippen LogP contribution in [0.2, 0.25) is 0 Å². The van der Waals surface area contributed by atoms with Gasteiger partial charge in [-0.1, -0.05) is 0 Å². The number of hydrogen-bond acceptors (Lipinski definition) is 0. The van der Waals surface area contributed by atoms with Crippen LogP contribution in [0.15, 0.2) is 0 Å². The van der Waals surface area contributed by atoms with Crippen LogP contribution >= 0.6 is 0 Å². The summed E-state index contributed by atoms with van der Waals surface area (Å²) in [5.74, 6) is 0. The Morgan fingerprint density at radius 3 is 1.25 bits per heavy atom. The molecule has 0 aromatic heterocycles. The third-order valence-electron chi connectivity index (χ3n) is 0. The molecule has 0 unspecified atom stereocenters. The molecule has 0 aliphatic carbocycles. The average molecular weight is 150 g/mol. The first-order valence-corrected chi connectivity index (χ1v) is 1.29. The second-order valence-corrected chi connectivity index (χ2v) is 0. The van der Waals surface area contributed by atoms with Crippen LogP contribution in [-0.2, 0) is 31.7 Å². The van der Waals surface area contributed by atoms with Crippen molar-refractivity contribution >= 4 is 0 Å². The predicted molar refractivity (Wildman–Crippen MR) is 1.11 cm³/mol. The van der Waals surface area contributed by atoms with Gasteiger partial charge in [0.05, 0.1) is 0 Å². The van der Waals surface area contributed by atoms with Crippen molar-refractivity contribution in [2.24, 2.45) is 0 Å². The van der Waals surface area contributed by atoms with E-state index in [-0.39, 0.29) is 65.9 Å². The molecule has 4 heteroatoms. The molecule has 0 heterocycles. The summed E-state index contributed by atoms with van der Waals surface area (Å²) in [6.07, 6.45) is 0. The Hall–Kier alpha value is 1.96. The van der Waals surface area contributed by atoms with E-state index in [4.69, 9.17) is 0 Å². The summed E-state index contributed by atoms with van der Waals surface area (Å²) in [4.78, 5) is 0. The van der Waals surface area contributed by atoms with Crippen molar-refractivity contribution in [1.82, 2.24) is 0 Å². The van der Waals surface area contributed by atoms with Gasteiger partial charge in [0.25, 0.3) is 0 Å². The summed E-state index contributed by atoms with van der Waals surface area (Å²) < 4.78 is 9.63. The largest absolute Gasteiger partial charge is 1.00 e. The van der Waals surface area contributed by atoms with Crippen molar-refractivity contribution < 1.29 is 67.8 Å². The van der Waals surface area contributed by atoms with Crippen LogP contribution in [0.4, 0.5) is 1.92 Å². The molecule has 0 radical (unpaired) electrons. The van der Waals surface area contributed by atoms with Crippen LogP contribution in [0.3, 0.4) is 0 Å². The van der Waals surface area contributed by atoms with Gasteiger partial charge in [-0.3, -0.25) is 0 Å². The molecule has 0 bridgehead atoms. The minimum absolute atomic E-state index is 0.